The van der Waals surface area contributed by atoms with Crippen molar-refractivity contribution < 1.29 is 9.47 Å². The molecule has 3 rings (SSSR count). The Labute approximate surface area is 187 Å². The molecule has 0 saturated heterocycles. The highest BCUT2D eigenvalue weighted by atomic mass is 79.9. The number of nitrogens with zero attached hydrogens (tertiary/aromatic N) is 3. The van der Waals surface area contributed by atoms with Crippen LogP contribution in [0.4, 0.5) is 5.95 Å². The Morgan fingerprint density at radius 1 is 1.35 bits per heavy atom. The Morgan fingerprint density at radius 3 is 2.81 bits per heavy atom. The number of hydrogen-bond acceptors (Lipinski definition) is 7. The lowest BCUT2D eigenvalue weighted by Gasteiger charge is -2.12. The maximum Gasteiger partial charge on any atom is 0.270 e. The predicted molar refractivity (Wildman–Crippen MR) is 123 cm³/mol. The summed E-state index contributed by atoms with van der Waals surface area (Å²) in [6.45, 7) is 3.97. The number of hydrazone groups is 1. The lowest BCUT2D eigenvalue weighted by Crippen LogP contribution is -2.16. The molecule has 0 spiro atoms. The fraction of sp³-hybridized carbons (Fsp3) is 0.0909. The van der Waals surface area contributed by atoms with Crippen LogP contribution in [0, 0.1) is 11.3 Å². The number of anilines is 1. The SMILES string of the molecule is C=CCOc1c(Br)cc(C=NNc2nc(-c3ccccc3)c(C#N)c(=O)[nH]2)cc1OC. The van der Waals surface area contributed by atoms with Crippen molar-refractivity contribution in [3.8, 4) is 28.8 Å². The third-order valence-corrected chi connectivity index (χ3v) is 4.65. The predicted octanol–water partition coefficient (Wildman–Crippen LogP) is 4.09. The number of nitrogens with one attached hydrogen (secondary N) is 2. The highest BCUT2D eigenvalue weighted by Crippen LogP contribution is 2.36. The van der Waals surface area contributed by atoms with E-state index >= 15 is 0 Å². The Bertz CT molecular complexity index is 1220. The smallest absolute Gasteiger partial charge is 0.270 e. The number of hydrogen-bond donors (Lipinski definition) is 2. The maximum absolute atomic E-state index is 12.3. The van der Waals surface area contributed by atoms with Gasteiger partial charge in [-0.2, -0.15) is 10.4 Å². The van der Waals surface area contributed by atoms with E-state index in [-0.39, 0.29) is 17.2 Å². The van der Waals surface area contributed by atoms with Crippen LogP contribution in [0.1, 0.15) is 11.1 Å². The van der Waals surface area contributed by atoms with Gasteiger partial charge in [0.1, 0.15) is 18.2 Å². The van der Waals surface area contributed by atoms with Crippen LogP contribution in [-0.4, -0.2) is 29.9 Å². The minimum absolute atomic E-state index is 0.0653. The molecule has 0 amide bonds. The van der Waals surface area contributed by atoms with E-state index in [4.69, 9.17) is 9.47 Å². The summed E-state index contributed by atoms with van der Waals surface area (Å²) in [7, 11) is 1.54. The van der Waals surface area contributed by atoms with Gasteiger partial charge >= 0.3 is 0 Å². The van der Waals surface area contributed by atoms with Crippen LogP contribution in [0.3, 0.4) is 0 Å². The normalized spacial score (nSPS) is 10.5. The Balaban J connectivity index is 1.87. The van der Waals surface area contributed by atoms with Gasteiger partial charge in [0.25, 0.3) is 5.56 Å². The van der Waals surface area contributed by atoms with E-state index in [2.05, 4.69) is 43.0 Å². The molecular weight excluding hydrogens is 462 g/mol. The fourth-order valence-corrected chi connectivity index (χ4v) is 3.27. The molecule has 1 aromatic heterocycles. The van der Waals surface area contributed by atoms with E-state index < -0.39 is 5.56 Å². The molecule has 1 heterocycles. The lowest BCUT2D eigenvalue weighted by atomic mass is 10.1. The Morgan fingerprint density at radius 2 is 2.13 bits per heavy atom. The Hall–Kier alpha value is -3.90. The average molecular weight is 480 g/mol. The number of halogens is 1. The first-order valence-electron chi connectivity index (χ1n) is 9.07. The maximum atomic E-state index is 12.3. The molecule has 0 fully saturated rings. The highest BCUT2D eigenvalue weighted by Gasteiger charge is 2.13. The van der Waals surface area contributed by atoms with Gasteiger partial charge in [-0.1, -0.05) is 43.0 Å². The van der Waals surface area contributed by atoms with Crippen molar-refractivity contribution in [1.82, 2.24) is 9.97 Å². The van der Waals surface area contributed by atoms with Gasteiger partial charge in [-0.3, -0.25) is 9.78 Å². The minimum Gasteiger partial charge on any atom is -0.493 e. The summed E-state index contributed by atoms with van der Waals surface area (Å²) in [5.41, 5.74) is 3.71. The van der Waals surface area contributed by atoms with Crippen LogP contribution >= 0.6 is 15.9 Å². The molecule has 0 bridgehead atoms. The molecule has 0 unspecified atom stereocenters. The second-order valence-electron chi connectivity index (χ2n) is 6.12. The van der Waals surface area contributed by atoms with Crippen LogP contribution < -0.4 is 20.5 Å². The standard InChI is InChI=1S/C22H18BrN5O3/c1-3-9-31-20-17(23)10-14(11-18(20)30-2)13-25-28-22-26-19(15-7-5-4-6-8-15)16(12-24)21(29)27-22/h3-8,10-11,13H,1,9H2,2H3,(H2,26,27,28,29). The number of methoxy groups -OCH3 is 1. The first-order chi connectivity index (χ1) is 15.1. The van der Waals surface area contributed by atoms with Crippen LogP contribution in [0.5, 0.6) is 11.5 Å². The summed E-state index contributed by atoms with van der Waals surface area (Å²) in [6, 6.07) is 14.4. The lowest BCUT2D eigenvalue weighted by molar-refractivity contribution is 0.324. The van der Waals surface area contributed by atoms with Gasteiger partial charge in [-0.05, 0) is 33.6 Å². The molecule has 0 atom stereocenters. The minimum atomic E-state index is -0.554. The van der Waals surface area contributed by atoms with E-state index in [1.165, 1.54) is 13.3 Å². The Kier molecular flexibility index (Phi) is 7.19. The molecule has 0 aliphatic carbocycles. The van der Waals surface area contributed by atoms with Crippen molar-refractivity contribution in [2.75, 3.05) is 19.1 Å². The average Bonchev–Trinajstić information content (AvgIpc) is 2.78. The number of H-pyrrole nitrogens is 1. The number of aromatic amines is 1. The van der Waals surface area contributed by atoms with E-state index in [0.29, 0.717) is 33.7 Å². The second-order valence-corrected chi connectivity index (χ2v) is 6.97. The summed E-state index contributed by atoms with van der Waals surface area (Å²) in [4.78, 5) is 19.1. The monoisotopic (exact) mass is 479 g/mol. The fourth-order valence-electron chi connectivity index (χ4n) is 2.70. The summed E-state index contributed by atoms with van der Waals surface area (Å²) >= 11 is 3.45. The third kappa shape index (κ3) is 5.18. The zero-order valence-corrected chi connectivity index (χ0v) is 18.1. The van der Waals surface area contributed by atoms with Gasteiger partial charge in [0, 0.05) is 5.56 Å². The van der Waals surface area contributed by atoms with Crippen LogP contribution in [0.2, 0.25) is 0 Å². The van der Waals surface area contributed by atoms with Crippen molar-refractivity contribution in [2.24, 2.45) is 5.10 Å². The molecule has 0 radical (unpaired) electrons. The molecule has 9 heteroatoms. The summed E-state index contributed by atoms with van der Waals surface area (Å²) in [5.74, 6) is 1.18. The number of aromatic nitrogens is 2. The summed E-state index contributed by atoms with van der Waals surface area (Å²) < 4.78 is 11.7. The summed E-state index contributed by atoms with van der Waals surface area (Å²) in [5, 5.41) is 13.5. The molecule has 31 heavy (non-hydrogen) atoms. The molecule has 2 aromatic carbocycles. The van der Waals surface area contributed by atoms with Crippen LogP contribution in [-0.2, 0) is 0 Å². The second kappa shape index (κ2) is 10.2. The molecule has 0 saturated carbocycles. The number of rotatable bonds is 8. The van der Waals surface area contributed by atoms with Crippen LogP contribution in [0.25, 0.3) is 11.3 Å². The number of nitriles is 1. The number of ether oxygens (including phenoxy) is 2. The third-order valence-electron chi connectivity index (χ3n) is 4.06. The van der Waals surface area contributed by atoms with Gasteiger partial charge < -0.3 is 9.47 Å². The largest absolute Gasteiger partial charge is 0.493 e. The highest BCUT2D eigenvalue weighted by molar-refractivity contribution is 9.10. The zero-order chi connectivity index (χ0) is 22.2. The van der Waals surface area contributed by atoms with Crippen LogP contribution in [0.15, 0.2) is 69.5 Å². The molecular formula is C22H18BrN5O3. The van der Waals surface area contributed by atoms with Gasteiger partial charge in [-0.15, -0.1) is 0 Å². The molecule has 8 nitrogen and oxygen atoms in total. The topological polar surface area (TPSA) is 112 Å². The zero-order valence-electron chi connectivity index (χ0n) is 16.6. The van der Waals surface area contributed by atoms with E-state index in [0.717, 1.165) is 0 Å². The first-order valence-corrected chi connectivity index (χ1v) is 9.86. The van der Waals surface area contributed by atoms with Crippen molar-refractivity contribution in [2.45, 2.75) is 0 Å². The van der Waals surface area contributed by atoms with Gasteiger partial charge in [0.2, 0.25) is 5.95 Å². The van der Waals surface area contributed by atoms with Gasteiger partial charge in [0.05, 0.1) is 23.5 Å². The van der Waals surface area contributed by atoms with E-state index in [1.54, 1.807) is 42.5 Å². The molecule has 0 aliphatic rings. The molecule has 0 aliphatic heterocycles. The molecule has 156 valence electrons. The van der Waals surface area contributed by atoms with Crippen molar-refractivity contribution in [3.63, 3.8) is 0 Å². The summed E-state index contributed by atoms with van der Waals surface area (Å²) in [6.07, 6.45) is 3.17. The first kappa shape index (κ1) is 21.8. The van der Waals surface area contributed by atoms with E-state index in [9.17, 15) is 10.1 Å². The number of benzene rings is 2. The van der Waals surface area contributed by atoms with Crippen molar-refractivity contribution in [3.05, 3.63) is 81.1 Å². The molecule has 3 aromatic rings. The van der Waals surface area contributed by atoms with Gasteiger partial charge in [0.15, 0.2) is 11.5 Å². The molecule has 2 N–H and O–H groups in total. The quantitative estimate of drug-likeness (QED) is 0.285. The van der Waals surface area contributed by atoms with Crippen molar-refractivity contribution >= 4 is 28.1 Å². The van der Waals surface area contributed by atoms with Gasteiger partial charge in [-0.25, -0.2) is 10.4 Å². The van der Waals surface area contributed by atoms with E-state index in [1.807, 2.05) is 12.1 Å². The van der Waals surface area contributed by atoms with Crippen molar-refractivity contribution in [1.29, 1.82) is 5.26 Å².